The van der Waals surface area contributed by atoms with Crippen LogP contribution in [0.2, 0.25) is 0 Å². The van der Waals surface area contributed by atoms with E-state index in [9.17, 15) is 8.78 Å². The highest BCUT2D eigenvalue weighted by Crippen LogP contribution is 2.27. The van der Waals surface area contributed by atoms with Crippen LogP contribution in [0.1, 0.15) is 26.2 Å². The molecule has 2 rings (SSSR count). The Bertz CT molecular complexity index is 377. The third-order valence-corrected chi connectivity index (χ3v) is 3.23. The van der Waals surface area contributed by atoms with Crippen molar-refractivity contribution in [3.8, 4) is 5.75 Å². The monoisotopic (exact) mass is 241 g/mol. The minimum absolute atomic E-state index is 0.0578. The van der Waals surface area contributed by atoms with Crippen LogP contribution in [0.5, 0.6) is 5.75 Å². The summed E-state index contributed by atoms with van der Waals surface area (Å²) >= 11 is 0. The molecule has 1 aliphatic carbocycles. The van der Waals surface area contributed by atoms with Gasteiger partial charge in [-0.1, -0.05) is 6.92 Å². The van der Waals surface area contributed by atoms with E-state index in [1.54, 1.807) is 0 Å². The van der Waals surface area contributed by atoms with Crippen molar-refractivity contribution in [2.24, 2.45) is 11.7 Å². The Balaban J connectivity index is 2.08. The van der Waals surface area contributed by atoms with E-state index in [0.717, 1.165) is 25.3 Å². The van der Waals surface area contributed by atoms with Crippen molar-refractivity contribution in [3.05, 3.63) is 29.8 Å². The number of halogens is 2. The topological polar surface area (TPSA) is 35.2 Å². The van der Waals surface area contributed by atoms with E-state index in [0.29, 0.717) is 5.92 Å². The average molecular weight is 241 g/mol. The Labute approximate surface area is 99.8 Å². The number of hydrogen-bond donors (Lipinski definition) is 1. The Morgan fingerprint density at radius 3 is 2.47 bits per heavy atom. The van der Waals surface area contributed by atoms with E-state index in [1.165, 1.54) is 12.1 Å². The van der Waals surface area contributed by atoms with E-state index in [4.69, 9.17) is 10.5 Å². The first kappa shape index (κ1) is 12.3. The molecule has 4 heteroatoms. The van der Waals surface area contributed by atoms with Gasteiger partial charge in [0.1, 0.15) is 23.5 Å². The van der Waals surface area contributed by atoms with Gasteiger partial charge < -0.3 is 10.5 Å². The number of benzene rings is 1. The lowest BCUT2D eigenvalue weighted by molar-refractivity contribution is 0.107. The zero-order valence-corrected chi connectivity index (χ0v) is 9.83. The SMILES string of the molecule is CC1CCC(N)C(Oc2cc(F)cc(F)c2)C1. The van der Waals surface area contributed by atoms with Crippen LogP contribution in [0.15, 0.2) is 18.2 Å². The van der Waals surface area contributed by atoms with Crippen molar-refractivity contribution < 1.29 is 13.5 Å². The normalized spacial score (nSPS) is 29.1. The van der Waals surface area contributed by atoms with Crippen molar-refractivity contribution in [2.45, 2.75) is 38.3 Å². The maximum absolute atomic E-state index is 13.0. The van der Waals surface area contributed by atoms with E-state index in [2.05, 4.69) is 6.92 Å². The van der Waals surface area contributed by atoms with Crippen LogP contribution >= 0.6 is 0 Å². The van der Waals surface area contributed by atoms with Crippen LogP contribution in [-0.4, -0.2) is 12.1 Å². The molecule has 0 spiro atoms. The van der Waals surface area contributed by atoms with Crippen LogP contribution in [0.4, 0.5) is 8.78 Å². The van der Waals surface area contributed by atoms with Crippen LogP contribution in [0.3, 0.4) is 0 Å². The molecule has 1 aromatic rings. The van der Waals surface area contributed by atoms with Gasteiger partial charge in [-0.15, -0.1) is 0 Å². The maximum atomic E-state index is 13.0. The minimum atomic E-state index is -0.627. The fraction of sp³-hybridized carbons (Fsp3) is 0.538. The van der Waals surface area contributed by atoms with E-state index in [-0.39, 0.29) is 17.9 Å². The summed E-state index contributed by atoms with van der Waals surface area (Å²) in [6.45, 7) is 2.13. The molecule has 0 radical (unpaired) electrons. The number of ether oxygens (including phenoxy) is 1. The van der Waals surface area contributed by atoms with Gasteiger partial charge in [0.15, 0.2) is 0 Å². The van der Waals surface area contributed by atoms with E-state index < -0.39 is 11.6 Å². The Kier molecular flexibility index (Phi) is 3.62. The summed E-state index contributed by atoms with van der Waals surface area (Å²) in [5, 5.41) is 0. The fourth-order valence-corrected chi connectivity index (χ4v) is 2.26. The molecule has 2 nitrogen and oxygen atoms in total. The van der Waals surface area contributed by atoms with Gasteiger partial charge in [0, 0.05) is 24.2 Å². The second kappa shape index (κ2) is 5.00. The largest absolute Gasteiger partial charge is 0.489 e. The molecule has 1 aromatic carbocycles. The van der Waals surface area contributed by atoms with Gasteiger partial charge in [0.2, 0.25) is 0 Å². The maximum Gasteiger partial charge on any atom is 0.129 e. The summed E-state index contributed by atoms with van der Waals surface area (Å²) in [6.07, 6.45) is 2.65. The number of rotatable bonds is 2. The standard InChI is InChI=1S/C13H17F2NO/c1-8-2-3-12(16)13(4-8)17-11-6-9(14)5-10(15)7-11/h5-8,12-13H,2-4,16H2,1H3. The predicted molar refractivity (Wildman–Crippen MR) is 61.8 cm³/mol. The van der Waals surface area contributed by atoms with Gasteiger partial charge in [-0.2, -0.15) is 0 Å². The molecule has 1 aliphatic rings. The quantitative estimate of drug-likeness (QED) is 0.864. The molecular formula is C13H17F2NO. The molecule has 1 fully saturated rings. The van der Waals surface area contributed by atoms with Crippen LogP contribution in [-0.2, 0) is 0 Å². The van der Waals surface area contributed by atoms with Crippen molar-refractivity contribution >= 4 is 0 Å². The summed E-state index contributed by atoms with van der Waals surface area (Å²) in [5.41, 5.74) is 5.95. The zero-order valence-electron chi connectivity index (χ0n) is 9.83. The molecular weight excluding hydrogens is 224 g/mol. The third kappa shape index (κ3) is 3.16. The van der Waals surface area contributed by atoms with Crippen LogP contribution in [0.25, 0.3) is 0 Å². The Morgan fingerprint density at radius 2 is 1.82 bits per heavy atom. The van der Waals surface area contributed by atoms with Crippen LogP contribution < -0.4 is 10.5 Å². The summed E-state index contributed by atoms with van der Waals surface area (Å²) < 4.78 is 31.6. The first-order chi connectivity index (χ1) is 8.04. The van der Waals surface area contributed by atoms with Crippen LogP contribution in [0, 0.1) is 17.6 Å². The zero-order chi connectivity index (χ0) is 12.4. The van der Waals surface area contributed by atoms with E-state index >= 15 is 0 Å². The first-order valence-electron chi connectivity index (χ1n) is 5.93. The summed E-state index contributed by atoms with van der Waals surface area (Å²) in [7, 11) is 0. The molecule has 0 heterocycles. The highest BCUT2D eigenvalue weighted by molar-refractivity contribution is 5.24. The molecule has 17 heavy (non-hydrogen) atoms. The molecule has 1 saturated carbocycles. The minimum Gasteiger partial charge on any atom is -0.489 e. The van der Waals surface area contributed by atoms with Gasteiger partial charge in [0.05, 0.1) is 0 Å². The molecule has 0 amide bonds. The van der Waals surface area contributed by atoms with Crippen molar-refractivity contribution in [1.82, 2.24) is 0 Å². The fourth-order valence-electron chi connectivity index (χ4n) is 2.26. The highest BCUT2D eigenvalue weighted by atomic mass is 19.1. The molecule has 3 unspecified atom stereocenters. The smallest absolute Gasteiger partial charge is 0.129 e. The lowest BCUT2D eigenvalue weighted by Gasteiger charge is -2.32. The molecule has 3 atom stereocenters. The van der Waals surface area contributed by atoms with Gasteiger partial charge >= 0.3 is 0 Å². The Morgan fingerprint density at radius 1 is 1.18 bits per heavy atom. The lowest BCUT2D eigenvalue weighted by Crippen LogP contribution is -2.43. The molecule has 0 aliphatic heterocycles. The Hall–Kier alpha value is -1.16. The average Bonchev–Trinajstić information content (AvgIpc) is 2.22. The third-order valence-electron chi connectivity index (χ3n) is 3.23. The second-order valence-corrected chi connectivity index (χ2v) is 4.84. The van der Waals surface area contributed by atoms with E-state index in [1.807, 2.05) is 0 Å². The van der Waals surface area contributed by atoms with Crippen molar-refractivity contribution in [3.63, 3.8) is 0 Å². The van der Waals surface area contributed by atoms with Gasteiger partial charge in [-0.25, -0.2) is 8.78 Å². The molecule has 0 aromatic heterocycles. The molecule has 94 valence electrons. The summed E-state index contributed by atoms with van der Waals surface area (Å²) in [6, 6.07) is 3.15. The summed E-state index contributed by atoms with van der Waals surface area (Å²) in [4.78, 5) is 0. The highest BCUT2D eigenvalue weighted by Gasteiger charge is 2.27. The molecule has 2 N–H and O–H groups in total. The van der Waals surface area contributed by atoms with Gasteiger partial charge in [-0.3, -0.25) is 0 Å². The first-order valence-corrected chi connectivity index (χ1v) is 5.93. The second-order valence-electron chi connectivity index (χ2n) is 4.84. The van der Waals surface area contributed by atoms with Crippen molar-refractivity contribution in [1.29, 1.82) is 0 Å². The number of hydrogen-bond acceptors (Lipinski definition) is 2. The number of nitrogens with two attached hydrogens (primary N) is 1. The van der Waals surface area contributed by atoms with Gasteiger partial charge in [-0.05, 0) is 25.2 Å². The van der Waals surface area contributed by atoms with Crippen molar-refractivity contribution in [2.75, 3.05) is 0 Å². The lowest BCUT2D eigenvalue weighted by atomic mass is 9.85. The van der Waals surface area contributed by atoms with Gasteiger partial charge in [0.25, 0.3) is 0 Å². The molecule has 0 saturated heterocycles. The predicted octanol–water partition coefficient (Wildman–Crippen LogP) is 2.86. The molecule has 0 bridgehead atoms. The summed E-state index contributed by atoms with van der Waals surface area (Å²) in [5.74, 6) is -0.495.